The molecule has 6 heteroatoms. The molecule has 5 nitrogen and oxygen atoms in total. The minimum atomic E-state index is -0.594. The second kappa shape index (κ2) is 5.09. The highest BCUT2D eigenvalue weighted by Gasteiger charge is 2.17. The number of nitrogens with zero attached hydrogens (tertiary/aromatic N) is 1. The standard InChI is InChI=1S/C9H11BrN2O3/c1-11-3-2-6-4-7(10)9(13)8(5-6)12(14)15/h4-5,11,13H,2-3H2,1H3. The van der Waals surface area contributed by atoms with Crippen LogP contribution in [0.3, 0.4) is 0 Å². The molecule has 0 amide bonds. The van der Waals surface area contributed by atoms with Gasteiger partial charge in [0.05, 0.1) is 9.40 Å². The van der Waals surface area contributed by atoms with Crippen molar-refractivity contribution in [2.75, 3.05) is 13.6 Å². The molecule has 0 heterocycles. The Labute approximate surface area is 95.4 Å². The van der Waals surface area contributed by atoms with Crippen LogP contribution in [0.25, 0.3) is 0 Å². The number of rotatable bonds is 4. The van der Waals surface area contributed by atoms with Crippen molar-refractivity contribution in [3.05, 3.63) is 32.3 Å². The third-order valence-corrected chi connectivity index (χ3v) is 2.57. The highest BCUT2D eigenvalue weighted by atomic mass is 79.9. The van der Waals surface area contributed by atoms with Gasteiger partial charge in [-0.25, -0.2) is 0 Å². The zero-order valence-electron chi connectivity index (χ0n) is 8.16. The van der Waals surface area contributed by atoms with Gasteiger partial charge in [0, 0.05) is 6.07 Å². The predicted octanol–water partition coefficient (Wildman–Crippen LogP) is 1.82. The molecule has 0 unspecified atom stereocenters. The predicted molar refractivity (Wildman–Crippen MR) is 60.1 cm³/mol. The molecule has 82 valence electrons. The molecule has 1 rings (SSSR count). The lowest BCUT2D eigenvalue weighted by Gasteiger charge is -2.04. The van der Waals surface area contributed by atoms with E-state index in [0.29, 0.717) is 10.9 Å². The number of likely N-dealkylation sites (N-methyl/N-ethyl adjacent to an activating group) is 1. The number of nitro benzene ring substituents is 1. The van der Waals surface area contributed by atoms with Gasteiger partial charge < -0.3 is 10.4 Å². The number of hydrogen-bond donors (Lipinski definition) is 2. The zero-order chi connectivity index (χ0) is 11.4. The van der Waals surface area contributed by atoms with Crippen molar-refractivity contribution in [2.45, 2.75) is 6.42 Å². The maximum Gasteiger partial charge on any atom is 0.312 e. The van der Waals surface area contributed by atoms with Gasteiger partial charge in [-0.15, -0.1) is 0 Å². The van der Waals surface area contributed by atoms with Crippen LogP contribution in [0.5, 0.6) is 5.75 Å². The van der Waals surface area contributed by atoms with Crippen molar-refractivity contribution >= 4 is 21.6 Å². The van der Waals surface area contributed by atoms with Crippen molar-refractivity contribution in [1.82, 2.24) is 5.32 Å². The Bertz CT molecular complexity index is 382. The normalized spacial score (nSPS) is 10.3. The molecule has 1 aromatic rings. The third-order valence-electron chi connectivity index (χ3n) is 1.96. The van der Waals surface area contributed by atoms with Crippen molar-refractivity contribution in [1.29, 1.82) is 0 Å². The fraction of sp³-hybridized carbons (Fsp3) is 0.333. The Hall–Kier alpha value is -1.14. The topological polar surface area (TPSA) is 75.4 Å². The number of hydrogen-bond acceptors (Lipinski definition) is 4. The summed E-state index contributed by atoms with van der Waals surface area (Å²) in [5, 5.41) is 23.0. The zero-order valence-corrected chi connectivity index (χ0v) is 9.74. The van der Waals surface area contributed by atoms with Crippen molar-refractivity contribution < 1.29 is 10.0 Å². The summed E-state index contributed by atoms with van der Waals surface area (Å²) in [6, 6.07) is 3.07. The van der Waals surface area contributed by atoms with E-state index < -0.39 is 4.92 Å². The van der Waals surface area contributed by atoms with Crippen LogP contribution in [0.2, 0.25) is 0 Å². The molecule has 0 aliphatic rings. The van der Waals surface area contributed by atoms with Crippen LogP contribution in [0.4, 0.5) is 5.69 Å². The monoisotopic (exact) mass is 274 g/mol. The average molecular weight is 275 g/mol. The van der Waals surface area contributed by atoms with Crippen LogP contribution in [-0.4, -0.2) is 23.6 Å². The summed E-state index contributed by atoms with van der Waals surface area (Å²) in [6.45, 7) is 0.731. The lowest BCUT2D eigenvalue weighted by molar-refractivity contribution is -0.386. The van der Waals surface area contributed by atoms with E-state index in [-0.39, 0.29) is 11.4 Å². The maximum absolute atomic E-state index is 10.6. The van der Waals surface area contributed by atoms with E-state index in [9.17, 15) is 15.2 Å². The summed E-state index contributed by atoms with van der Waals surface area (Å²) in [5.74, 6) is -0.326. The molecule has 1 aromatic carbocycles. The summed E-state index contributed by atoms with van der Waals surface area (Å²) in [5.41, 5.74) is 0.538. The van der Waals surface area contributed by atoms with Gasteiger partial charge in [-0.1, -0.05) is 0 Å². The molecule has 0 atom stereocenters. The molecule has 15 heavy (non-hydrogen) atoms. The van der Waals surface area contributed by atoms with E-state index >= 15 is 0 Å². The fourth-order valence-corrected chi connectivity index (χ4v) is 1.69. The first kappa shape index (κ1) is 11.9. The van der Waals surface area contributed by atoms with Gasteiger partial charge in [0.2, 0.25) is 5.75 Å². The summed E-state index contributed by atoms with van der Waals surface area (Å²) in [4.78, 5) is 10.0. The Morgan fingerprint density at radius 3 is 2.80 bits per heavy atom. The maximum atomic E-state index is 10.6. The summed E-state index contributed by atoms with van der Waals surface area (Å²) >= 11 is 3.08. The van der Waals surface area contributed by atoms with Gasteiger partial charge in [-0.05, 0) is 47.6 Å². The highest BCUT2D eigenvalue weighted by Crippen LogP contribution is 2.34. The first-order valence-electron chi connectivity index (χ1n) is 4.36. The molecule has 0 aliphatic heterocycles. The minimum Gasteiger partial charge on any atom is -0.501 e. The fourth-order valence-electron chi connectivity index (χ4n) is 1.19. The Morgan fingerprint density at radius 2 is 2.27 bits per heavy atom. The third kappa shape index (κ3) is 2.90. The van der Waals surface area contributed by atoms with Crippen molar-refractivity contribution in [3.63, 3.8) is 0 Å². The van der Waals surface area contributed by atoms with E-state index in [4.69, 9.17) is 0 Å². The van der Waals surface area contributed by atoms with Crippen LogP contribution in [-0.2, 0) is 6.42 Å². The molecular formula is C9H11BrN2O3. The van der Waals surface area contributed by atoms with Gasteiger partial charge in [-0.2, -0.15) is 0 Å². The summed E-state index contributed by atoms with van der Waals surface area (Å²) < 4.78 is 0.350. The largest absolute Gasteiger partial charge is 0.501 e. The number of nitrogens with one attached hydrogen (secondary N) is 1. The molecule has 0 aliphatic carbocycles. The molecule has 0 aromatic heterocycles. The van der Waals surface area contributed by atoms with Gasteiger partial charge >= 0.3 is 5.69 Å². The molecule has 0 bridgehead atoms. The molecule has 0 saturated heterocycles. The van der Waals surface area contributed by atoms with E-state index in [1.165, 1.54) is 6.07 Å². The second-order valence-corrected chi connectivity index (χ2v) is 3.91. The van der Waals surface area contributed by atoms with Crippen LogP contribution < -0.4 is 5.32 Å². The molecule has 0 fully saturated rings. The van der Waals surface area contributed by atoms with Crippen LogP contribution in [0, 0.1) is 10.1 Å². The van der Waals surface area contributed by atoms with Gasteiger partial charge in [-0.3, -0.25) is 10.1 Å². The number of phenols is 1. The number of phenolic OH excluding ortho intramolecular Hbond substituents is 1. The number of halogens is 1. The van der Waals surface area contributed by atoms with E-state index in [2.05, 4.69) is 21.2 Å². The number of benzene rings is 1. The SMILES string of the molecule is CNCCc1cc(Br)c(O)c([N+](=O)[O-])c1. The molecular weight excluding hydrogens is 264 g/mol. The first-order valence-corrected chi connectivity index (χ1v) is 5.16. The smallest absolute Gasteiger partial charge is 0.312 e. The van der Waals surface area contributed by atoms with Crippen LogP contribution >= 0.6 is 15.9 Å². The molecule has 2 N–H and O–H groups in total. The molecule has 0 saturated carbocycles. The van der Waals surface area contributed by atoms with E-state index in [0.717, 1.165) is 12.1 Å². The van der Waals surface area contributed by atoms with Crippen molar-refractivity contribution in [2.24, 2.45) is 0 Å². The van der Waals surface area contributed by atoms with Crippen LogP contribution in [0.1, 0.15) is 5.56 Å². The van der Waals surface area contributed by atoms with Gasteiger partial charge in [0.15, 0.2) is 0 Å². The highest BCUT2D eigenvalue weighted by molar-refractivity contribution is 9.10. The summed E-state index contributed by atoms with van der Waals surface area (Å²) in [6.07, 6.45) is 0.677. The number of aromatic hydroxyl groups is 1. The second-order valence-electron chi connectivity index (χ2n) is 3.06. The molecule has 0 radical (unpaired) electrons. The van der Waals surface area contributed by atoms with E-state index in [1.54, 1.807) is 6.07 Å². The van der Waals surface area contributed by atoms with Gasteiger partial charge in [0.25, 0.3) is 0 Å². The summed E-state index contributed by atoms with van der Waals surface area (Å²) in [7, 11) is 1.81. The van der Waals surface area contributed by atoms with Gasteiger partial charge in [0.1, 0.15) is 0 Å². The Kier molecular flexibility index (Phi) is 4.05. The van der Waals surface area contributed by atoms with Crippen molar-refractivity contribution in [3.8, 4) is 5.75 Å². The Balaban J connectivity index is 3.06. The van der Waals surface area contributed by atoms with E-state index in [1.807, 2.05) is 7.05 Å². The molecule has 0 spiro atoms. The first-order chi connectivity index (χ1) is 7.06. The Morgan fingerprint density at radius 1 is 1.60 bits per heavy atom. The lowest BCUT2D eigenvalue weighted by Crippen LogP contribution is -2.10. The lowest BCUT2D eigenvalue weighted by atomic mass is 10.1. The minimum absolute atomic E-state index is 0.268. The average Bonchev–Trinajstić information content (AvgIpc) is 2.19. The van der Waals surface area contributed by atoms with Crippen LogP contribution in [0.15, 0.2) is 16.6 Å². The number of nitro groups is 1. The quantitative estimate of drug-likeness (QED) is 0.649.